The zero-order valence-corrected chi connectivity index (χ0v) is 11.6. The van der Waals surface area contributed by atoms with Crippen LogP contribution in [0.1, 0.15) is 11.3 Å². The molecule has 2 heterocycles. The molecule has 0 atom stereocenters. The largest absolute Gasteiger partial charge is 0.358 e. The number of thioether (sulfide) groups is 1. The topological polar surface area (TPSA) is 105 Å². The molecule has 0 unspecified atom stereocenters. The van der Waals surface area contributed by atoms with Gasteiger partial charge in [-0.2, -0.15) is 0 Å². The molecule has 3 rings (SSSR count). The van der Waals surface area contributed by atoms with Crippen LogP contribution >= 0.6 is 11.8 Å². The Balaban J connectivity index is 2.17. The number of carbonyl (C=O) groups is 2. The number of non-ortho nitro benzene ring substituents is 1. The highest BCUT2D eigenvalue weighted by Gasteiger charge is 2.25. The predicted molar refractivity (Wildman–Crippen MR) is 78.8 cm³/mol. The van der Waals surface area contributed by atoms with E-state index in [1.165, 1.54) is 12.1 Å². The fourth-order valence-electron chi connectivity index (χ4n) is 2.19. The number of aryl methyl sites for hydroxylation is 1. The summed E-state index contributed by atoms with van der Waals surface area (Å²) >= 11 is 0.813. The third-order valence-corrected chi connectivity index (χ3v) is 3.96. The van der Waals surface area contributed by atoms with Crippen molar-refractivity contribution in [2.45, 2.75) is 6.92 Å². The molecule has 1 aliphatic rings. The van der Waals surface area contributed by atoms with Gasteiger partial charge in [0.1, 0.15) is 0 Å². The number of aromatic nitrogens is 1. The van der Waals surface area contributed by atoms with Crippen molar-refractivity contribution in [3.05, 3.63) is 44.5 Å². The summed E-state index contributed by atoms with van der Waals surface area (Å²) in [6, 6.07) is 4.48. The first-order valence-corrected chi connectivity index (χ1v) is 6.79. The van der Waals surface area contributed by atoms with Gasteiger partial charge in [-0.3, -0.25) is 25.0 Å². The molecular formula is C13H9N3O4S. The van der Waals surface area contributed by atoms with Crippen LogP contribution in [-0.2, 0) is 4.79 Å². The lowest BCUT2D eigenvalue weighted by Gasteiger charge is -1.96. The van der Waals surface area contributed by atoms with Crippen molar-refractivity contribution in [1.82, 2.24) is 10.3 Å². The maximum Gasteiger partial charge on any atom is 0.290 e. The molecule has 1 saturated heterocycles. The van der Waals surface area contributed by atoms with Crippen molar-refractivity contribution in [1.29, 1.82) is 0 Å². The molecule has 0 saturated carbocycles. The van der Waals surface area contributed by atoms with E-state index in [4.69, 9.17) is 0 Å². The van der Waals surface area contributed by atoms with Gasteiger partial charge in [-0.05, 0) is 30.8 Å². The molecule has 0 aliphatic carbocycles. The number of imide groups is 1. The number of carbonyl (C=O) groups excluding carboxylic acids is 2. The average Bonchev–Trinajstić information content (AvgIpc) is 2.90. The van der Waals surface area contributed by atoms with Crippen molar-refractivity contribution in [3.63, 3.8) is 0 Å². The number of nitrogens with zero attached hydrogens (tertiary/aromatic N) is 1. The maximum atomic E-state index is 11.6. The van der Waals surface area contributed by atoms with Crippen LogP contribution in [0.2, 0.25) is 0 Å². The zero-order valence-electron chi connectivity index (χ0n) is 10.8. The maximum absolute atomic E-state index is 11.6. The average molecular weight is 303 g/mol. The van der Waals surface area contributed by atoms with Crippen molar-refractivity contribution < 1.29 is 14.5 Å². The molecule has 0 spiro atoms. The molecule has 0 radical (unpaired) electrons. The van der Waals surface area contributed by atoms with Crippen molar-refractivity contribution in [3.8, 4) is 0 Å². The SMILES string of the molecule is Cc1[nH]c2ccc([N+](=O)[O-])cc2c1C=C1SC(=O)NC1=O. The molecule has 1 aromatic carbocycles. The molecule has 106 valence electrons. The number of hydrogen-bond donors (Lipinski definition) is 2. The van der Waals surface area contributed by atoms with Gasteiger partial charge in [-0.1, -0.05) is 0 Å². The van der Waals surface area contributed by atoms with Gasteiger partial charge in [-0.25, -0.2) is 0 Å². The highest BCUT2D eigenvalue weighted by molar-refractivity contribution is 8.18. The Labute approximate surface area is 122 Å². The number of fused-ring (bicyclic) bond motifs is 1. The molecule has 21 heavy (non-hydrogen) atoms. The number of benzene rings is 1. The molecule has 8 heteroatoms. The summed E-state index contributed by atoms with van der Waals surface area (Å²) in [4.78, 5) is 36.5. The number of nitrogens with one attached hydrogen (secondary N) is 2. The minimum Gasteiger partial charge on any atom is -0.358 e. The van der Waals surface area contributed by atoms with E-state index in [1.807, 2.05) is 0 Å². The summed E-state index contributed by atoms with van der Waals surface area (Å²) in [6.07, 6.45) is 1.57. The van der Waals surface area contributed by atoms with Crippen LogP contribution in [0.5, 0.6) is 0 Å². The molecule has 7 nitrogen and oxygen atoms in total. The van der Waals surface area contributed by atoms with Gasteiger partial charge in [0.25, 0.3) is 16.8 Å². The highest BCUT2D eigenvalue weighted by Crippen LogP contribution is 2.31. The van der Waals surface area contributed by atoms with E-state index < -0.39 is 16.1 Å². The fraction of sp³-hybridized carbons (Fsp3) is 0.0769. The van der Waals surface area contributed by atoms with Gasteiger partial charge >= 0.3 is 0 Å². The number of rotatable bonds is 2. The smallest absolute Gasteiger partial charge is 0.290 e. The lowest BCUT2D eigenvalue weighted by atomic mass is 10.1. The van der Waals surface area contributed by atoms with Gasteiger partial charge in [0.2, 0.25) is 0 Å². The zero-order chi connectivity index (χ0) is 15.1. The Kier molecular flexibility index (Phi) is 3.02. The monoisotopic (exact) mass is 303 g/mol. The van der Waals surface area contributed by atoms with Gasteiger partial charge in [0.05, 0.1) is 9.83 Å². The van der Waals surface area contributed by atoms with Crippen LogP contribution in [0.4, 0.5) is 10.5 Å². The Morgan fingerprint density at radius 1 is 1.33 bits per heavy atom. The Bertz CT molecular complexity index is 837. The number of amides is 2. The number of H-pyrrole nitrogens is 1. The van der Waals surface area contributed by atoms with Crippen LogP contribution in [0.15, 0.2) is 23.1 Å². The Morgan fingerprint density at radius 3 is 2.71 bits per heavy atom. The van der Waals surface area contributed by atoms with Gasteiger partial charge in [0.15, 0.2) is 0 Å². The van der Waals surface area contributed by atoms with E-state index in [9.17, 15) is 19.7 Å². The molecule has 2 amide bonds. The summed E-state index contributed by atoms with van der Waals surface area (Å²) < 4.78 is 0. The van der Waals surface area contributed by atoms with E-state index in [1.54, 1.807) is 19.1 Å². The standard InChI is InChI=1S/C13H9N3O4S/c1-6-8(5-11-12(17)15-13(18)21-11)9-4-7(16(19)20)2-3-10(9)14-6/h2-5,14H,1H3,(H,15,17,18). The van der Waals surface area contributed by atoms with Crippen molar-refractivity contribution in [2.75, 3.05) is 0 Å². The first-order chi connectivity index (χ1) is 9.95. The summed E-state index contributed by atoms with van der Waals surface area (Å²) in [5, 5.41) is 13.3. The van der Waals surface area contributed by atoms with Crippen LogP contribution in [-0.4, -0.2) is 21.1 Å². The van der Waals surface area contributed by atoms with Crippen LogP contribution < -0.4 is 5.32 Å². The molecule has 0 bridgehead atoms. The third kappa shape index (κ3) is 2.29. The Morgan fingerprint density at radius 2 is 2.10 bits per heavy atom. The van der Waals surface area contributed by atoms with Crippen LogP contribution in [0.25, 0.3) is 17.0 Å². The number of hydrogen-bond acceptors (Lipinski definition) is 5. The first kappa shape index (κ1) is 13.4. The molecule has 1 fully saturated rings. The minimum absolute atomic E-state index is 0.0271. The minimum atomic E-state index is -0.473. The van der Waals surface area contributed by atoms with Gasteiger partial charge < -0.3 is 4.98 Å². The predicted octanol–water partition coefficient (Wildman–Crippen LogP) is 2.71. The van der Waals surface area contributed by atoms with E-state index in [-0.39, 0.29) is 10.6 Å². The molecule has 2 N–H and O–H groups in total. The number of aromatic amines is 1. The van der Waals surface area contributed by atoms with Crippen molar-refractivity contribution in [2.24, 2.45) is 0 Å². The normalized spacial score (nSPS) is 16.7. The summed E-state index contributed by atoms with van der Waals surface area (Å²) in [5.74, 6) is -0.454. The number of nitro groups is 1. The quantitative estimate of drug-likeness (QED) is 0.504. The second-order valence-corrected chi connectivity index (χ2v) is 5.52. The highest BCUT2D eigenvalue weighted by atomic mass is 32.2. The van der Waals surface area contributed by atoms with Gasteiger partial charge in [-0.15, -0.1) is 0 Å². The van der Waals surface area contributed by atoms with Crippen LogP contribution in [0.3, 0.4) is 0 Å². The van der Waals surface area contributed by atoms with E-state index >= 15 is 0 Å². The number of nitro benzene ring substituents is 1. The van der Waals surface area contributed by atoms with E-state index in [0.29, 0.717) is 10.9 Å². The molecular weight excluding hydrogens is 294 g/mol. The molecule has 1 aromatic heterocycles. The molecule has 1 aliphatic heterocycles. The first-order valence-electron chi connectivity index (χ1n) is 5.97. The van der Waals surface area contributed by atoms with Gasteiger partial charge in [0, 0.05) is 34.3 Å². The molecule has 2 aromatic rings. The summed E-state index contributed by atoms with van der Waals surface area (Å²) in [6.45, 7) is 1.80. The van der Waals surface area contributed by atoms with E-state index in [0.717, 1.165) is 23.0 Å². The third-order valence-electron chi connectivity index (χ3n) is 3.15. The lowest BCUT2D eigenvalue weighted by Crippen LogP contribution is -2.17. The van der Waals surface area contributed by atoms with Crippen molar-refractivity contribution >= 4 is 45.6 Å². The summed E-state index contributed by atoms with van der Waals surface area (Å²) in [7, 11) is 0. The fourth-order valence-corrected chi connectivity index (χ4v) is 2.85. The van der Waals surface area contributed by atoms with Crippen LogP contribution in [0, 0.1) is 17.0 Å². The lowest BCUT2D eigenvalue weighted by molar-refractivity contribution is -0.384. The second-order valence-electron chi connectivity index (χ2n) is 4.50. The Hall–Kier alpha value is -2.61. The summed E-state index contributed by atoms with van der Waals surface area (Å²) in [5.41, 5.74) is 2.15. The second kappa shape index (κ2) is 4.74. The van der Waals surface area contributed by atoms with E-state index in [2.05, 4.69) is 10.3 Å².